The summed E-state index contributed by atoms with van der Waals surface area (Å²) in [6.07, 6.45) is -0.428. The van der Waals surface area contributed by atoms with Crippen LogP contribution in [0.3, 0.4) is 0 Å². The second-order valence-corrected chi connectivity index (χ2v) is 9.10. The van der Waals surface area contributed by atoms with Gasteiger partial charge in [0.1, 0.15) is 25.5 Å². The summed E-state index contributed by atoms with van der Waals surface area (Å²) in [6, 6.07) is 10.8. The molecule has 2 atom stereocenters. The Bertz CT molecular complexity index is 1600. The van der Waals surface area contributed by atoms with Gasteiger partial charge < -0.3 is 35.5 Å². The molecule has 41 heavy (non-hydrogen) atoms. The molecule has 0 fully saturated rings. The molecule has 0 radical (unpaired) electrons. The third kappa shape index (κ3) is 6.28. The number of aromatic nitrogens is 1. The minimum atomic E-state index is -1.45. The molecule has 1 aliphatic heterocycles. The molecule has 0 unspecified atom stereocenters. The highest BCUT2D eigenvalue weighted by Gasteiger charge is 2.38. The van der Waals surface area contributed by atoms with Crippen LogP contribution in [0.1, 0.15) is 16.8 Å². The first-order valence-corrected chi connectivity index (χ1v) is 12.3. The summed E-state index contributed by atoms with van der Waals surface area (Å²) < 4.78 is 0. The molecule has 3 aromatic rings. The van der Waals surface area contributed by atoms with Gasteiger partial charge in [0.15, 0.2) is 0 Å². The van der Waals surface area contributed by atoms with Gasteiger partial charge in [0.25, 0.3) is 17.7 Å². The summed E-state index contributed by atoms with van der Waals surface area (Å²) in [5.74, 6) is -4.62. The number of carboxylic acid groups (broad SMARTS) is 1. The summed E-state index contributed by atoms with van der Waals surface area (Å²) in [7, 11) is 0. The number of aromatic amines is 1. The summed E-state index contributed by atoms with van der Waals surface area (Å²) in [4.78, 5) is 92.0. The Hall–Kier alpha value is -5.37. The SMILES string of the molecule is O=C[C@H](CC(=O)O)NC(=O)CN1C(=O)[C@@H](NC(=O)c2cc(=O)[nH]c3ccccc23)CN(C(=O)CO)c2ccccc21. The Morgan fingerprint density at radius 1 is 1.05 bits per heavy atom. The van der Waals surface area contributed by atoms with Crippen molar-refractivity contribution in [2.24, 2.45) is 0 Å². The van der Waals surface area contributed by atoms with Crippen molar-refractivity contribution in [3.63, 3.8) is 0 Å². The van der Waals surface area contributed by atoms with Crippen molar-refractivity contribution in [3.8, 4) is 0 Å². The molecule has 2 heterocycles. The van der Waals surface area contributed by atoms with Crippen molar-refractivity contribution in [3.05, 3.63) is 70.5 Å². The zero-order chi connectivity index (χ0) is 29.7. The van der Waals surface area contributed by atoms with E-state index >= 15 is 0 Å². The minimum Gasteiger partial charge on any atom is -0.481 e. The van der Waals surface area contributed by atoms with Gasteiger partial charge in [0.2, 0.25) is 11.5 Å². The number of carbonyl (C=O) groups is 6. The molecule has 0 aliphatic carbocycles. The maximum Gasteiger partial charge on any atom is 0.305 e. The van der Waals surface area contributed by atoms with Gasteiger partial charge in [-0.2, -0.15) is 0 Å². The highest BCUT2D eigenvalue weighted by Crippen LogP contribution is 2.33. The average molecular weight is 564 g/mol. The number of hydrogen-bond acceptors (Lipinski definition) is 8. The molecular weight excluding hydrogens is 538 g/mol. The van der Waals surface area contributed by atoms with Gasteiger partial charge in [0.05, 0.1) is 35.9 Å². The van der Waals surface area contributed by atoms with E-state index in [9.17, 15) is 38.7 Å². The number of nitrogens with zero attached hydrogens (tertiary/aromatic N) is 2. The number of carbonyl (C=O) groups excluding carboxylic acids is 5. The highest BCUT2D eigenvalue weighted by molar-refractivity contribution is 6.12. The van der Waals surface area contributed by atoms with E-state index in [0.29, 0.717) is 10.9 Å². The molecule has 0 bridgehead atoms. The number of para-hydroxylation sites is 3. The molecule has 0 saturated carbocycles. The van der Waals surface area contributed by atoms with Crippen molar-refractivity contribution in [1.29, 1.82) is 0 Å². The van der Waals surface area contributed by atoms with Crippen LogP contribution in [0.4, 0.5) is 11.4 Å². The van der Waals surface area contributed by atoms with Crippen LogP contribution in [-0.4, -0.2) is 82.9 Å². The lowest BCUT2D eigenvalue weighted by Gasteiger charge is -2.25. The number of aliphatic hydroxyl groups excluding tert-OH is 1. The minimum absolute atomic E-state index is 0.0364. The number of nitrogens with one attached hydrogen (secondary N) is 3. The van der Waals surface area contributed by atoms with Gasteiger partial charge in [-0.3, -0.25) is 33.7 Å². The highest BCUT2D eigenvalue weighted by atomic mass is 16.4. The third-order valence-electron chi connectivity index (χ3n) is 6.34. The molecule has 1 aromatic heterocycles. The Kier molecular flexibility index (Phi) is 8.53. The van der Waals surface area contributed by atoms with E-state index in [1.165, 1.54) is 12.1 Å². The largest absolute Gasteiger partial charge is 0.481 e. The van der Waals surface area contributed by atoms with Crippen molar-refractivity contribution >= 4 is 58.2 Å². The van der Waals surface area contributed by atoms with Crippen molar-refractivity contribution < 1.29 is 39.0 Å². The fraction of sp³-hybridized carbons (Fsp3) is 0.222. The molecule has 14 nitrogen and oxygen atoms in total. The summed E-state index contributed by atoms with van der Waals surface area (Å²) in [6.45, 7) is -2.03. The normalized spacial score (nSPS) is 15.4. The average Bonchev–Trinajstić information content (AvgIpc) is 3.06. The molecule has 5 N–H and O–H groups in total. The van der Waals surface area contributed by atoms with E-state index in [-0.39, 0.29) is 23.2 Å². The standard InChI is InChI=1S/C27H25N5O9/c33-13-15(9-25(38)39)28-23(36)12-32-21-8-4-3-7-20(21)31(24(37)14-34)11-19(27(32)41)30-26(40)17-10-22(35)29-18-6-2-1-5-16(17)18/h1-8,10,13,15,19,34H,9,11-12,14H2,(H,28,36)(H,29,35)(H,30,40)(H,38,39)/t15-,19-/m0/s1. The van der Waals surface area contributed by atoms with Crippen LogP contribution in [0.25, 0.3) is 10.9 Å². The zero-order valence-electron chi connectivity index (χ0n) is 21.4. The van der Waals surface area contributed by atoms with Gasteiger partial charge in [-0.15, -0.1) is 0 Å². The number of carboxylic acids is 1. The van der Waals surface area contributed by atoms with Crippen LogP contribution in [-0.2, 0) is 24.0 Å². The lowest BCUT2D eigenvalue weighted by Crippen LogP contribution is -2.55. The van der Waals surface area contributed by atoms with Gasteiger partial charge in [-0.25, -0.2) is 0 Å². The van der Waals surface area contributed by atoms with Crippen LogP contribution in [0.2, 0.25) is 0 Å². The second-order valence-electron chi connectivity index (χ2n) is 9.10. The van der Waals surface area contributed by atoms with E-state index in [4.69, 9.17) is 5.11 Å². The van der Waals surface area contributed by atoms with E-state index < -0.39 is 73.4 Å². The van der Waals surface area contributed by atoms with Crippen LogP contribution in [0, 0.1) is 0 Å². The Morgan fingerprint density at radius 3 is 2.41 bits per heavy atom. The molecule has 2 aromatic carbocycles. The lowest BCUT2D eigenvalue weighted by atomic mass is 10.1. The van der Waals surface area contributed by atoms with Gasteiger partial charge in [0, 0.05) is 17.0 Å². The topological polar surface area (TPSA) is 206 Å². The molecule has 0 spiro atoms. The van der Waals surface area contributed by atoms with E-state index in [2.05, 4.69) is 15.6 Å². The van der Waals surface area contributed by atoms with E-state index in [1.54, 1.807) is 36.4 Å². The molecule has 14 heteroatoms. The number of rotatable bonds is 9. The van der Waals surface area contributed by atoms with E-state index in [1.807, 2.05) is 0 Å². The number of fused-ring (bicyclic) bond motifs is 2. The second kappa shape index (κ2) is 12.2. The predicted octanol–water partition coefficient (Wildman–Crippen LogP) is -0.843. The quantitative estimate of drug-likeness (QED) is 0.205. The molecule has 1 aliphatic rings. The van der Waals surface area contributed by atoms with Crippen LogP contribution in [0.15, 0.2) is 59.4 Å². The lowest BCUT2D eigenvalue weighted by molar-refractivity contribution is -0.139. The van der Waals surface area contributed by atoms with Crippen LogP contribution in [0.5, 0.6) is 0 Å². The molecule has 4 rings (SSSR count). The first kappa shape index (κ1) is 28.6. The first-order chi connectivity index (χ1) is 19.6. The van der Waals surface area contributed by atoms with Gasteiger partial charge in [-0.1, -0.05) is 30.3 Å². The van der Waals surface area contributed by atoms with Crippen molar-refractivity contribution in [1.82, 2.24) is 15.6 Å². The van der Waals surface area contributed by atoms with Gasteiger partial charge in [-0.05, 0) is 18.2 Å². The summed E-state index contributed by atoms with van der Waals surface area (Å²) in [5, 5.41) is 23.8. The van der Waals surface area contributed by atoms with Gasteiger partial charge >= 0.3 is 5.97 Å². The Labute approximate surface area is 231 Å². The number of hydrogen-bond donors (Lipinski definition) is 5. The van der Waals surface area contributed by atoms with Crippen molar-refractivity contribution in [2.45, 2.75) is 18.5 Å². The summed E-state index contributed by atoms with van der Waals surface area (Å²) >= 11 is 0. The molecular formula is C27H25N5O9. The number of benzene rings is 2. The maximum atomic E-state index is 13.8. The number of aliphatic carboxylic acids is 1. The van der Waals surface area contributed by atoms with Crippen LogP contribution >= 0.6 is 0 Å². The monoisotopic (exact) mass is 563 g/mol. The number of anilines is 2. The molecule has 4 amide bonds. The fourth-order valence-electron chi connectivity index (χ4n) is 4.52. The summed E-state index contributed by atoms with van der Waals surface area (Å²) in [5.41, 5.74) is 0.0316. The van der Waals surface area contributed by atoms with Crippen LogP contribution < -0.4 is 26.0 Å². The number of H-pyrrole nitrogens is 1. The number of aliphatic hydroxyl groups is 1. The molecule has 212 valence electrons. The smallest absolute Gasteiger partial charge is 0.305 e. The molecule has 0 saturated heterocycles. The predicted molar refractivity (Wildman–Crippen MR) is 144 cm³/mol. The third-order valence-corrected chi connectivity index (χ3v) is 6.34. The number of amides is 4. The van der Waals surface area contributed by atoms with E-state index in [0.717, 1.165) is 15.9 Å². The van der Waals surface area contributed by atoms with Crippen molar-refractivity contribution in [2.75, 3.05) is 29.5 Å². The number of pyridine rings is 1. The fourth-order valence-corrected chi connectivity index (χ4v) is 4.52. The zero-order valence-corrected chi connectivity index (χ0v) is 21.4. The number of aldehydes is 1. The first-order valence-electron chi connectivity index (χ1n) is 12.3. The maximum absolute atomic E-state index is 13.8. The Balaban J connectivity index is 1.71. The Morgan fingerprint density at radius 2 is 1.73 bits per heavy atom.